The first-order chi connectivity index (χ1) is 9.68. The van der Waals surface area contributed by atoms with Gasteiger partial charge in [0.1, 0.15) is 4.90 Å². The molecular weight excluding hydrogens is 294 g/mol. The molecule has 1 unspecified atom stereocenters. The summed E-state index contributed by atoms with van der Waals surface area (Å²) in [6, 6.07) is 0. The van der Waals surface area contributed by atoms with E-state index in [4.69, 9.17) is 9.88 Å². The van der Waals surface area contributed by atoms with E-state index in [1.807, 2.05) is 13.8 Å². The summed E-state index contributed by atoms with van der Waals surface area (Å²) in [5.74, 6) is -0.725. The van der Waals surface area contributed by atoms with Gasteiger partial charge in [-0.1, -0.05) is 34.1 Å². The maximum atomic E-state index is 12.0. The summed E-state index contributed by atoms with van der Waals surface area (Å²) >= 11 is 0. The molecule has 0 saturated heterocycles. The number of hydrogen-bond donors (Lipinski definition) is 2. The molecule has 0 saturated carbocycles. The van der Waals surface area contributed by atoms with Gasteiger partial charge in [0, 0.05) is 0 Å². The van der Waals surface area contributed by atoms with Gasteiger partial charge >= 0.3 is 5.97 Å². The Labute approximate surface area is 125 Å². The van der Waals surface area contributed by atoms with E-state index in [0.717, 1.165) is 12.8 Å². The van der Waals surface area contributed by atoms with Crippen LogP contribution in [-0.4, -0.2) is 31.2 Å². The summed E-state index contributed by atoms with van der Waals surface area (Å²) in [6.45, 7) is 7.78. The number of aromatic nitrogens is 2. The summed E-state index contributed by atoms with van der Waals surface area (Å²) in [5, 5.41) is 11.5. The zero-order valence-electron chi connectivity index (χ0n) is 12.8. The quantitative estimate of drug-likeness (QED) is 0.744. The molecule has 1 atom stereocenters. The molecule has 0 aliphatic rings. The molecule has 1 aromatic rings. The largest absolute Gasteiger partial charge is 0.461 e. The van der Waals surface area contributed by atoms with Gasteiger partial charge in [-0.3, -0.25) is 5.10 Å². The number of nitrogens with two attached hydrogens (primary N) is 1. The minimum atomic E-state index is -4.05. The molecule has 1 aromatic heterocycles. The lowest BCUT2D eigenvalue weighted by Gasteiger charge is -2.10. The van der Waals surface area contributed by atoms with Crippen LogP contribution in [0.15, 0.2) is 4.90 Å². The average Bonchev–Trinajstić information content (AvgIpc) is 2.81. The number of nitrogens with one attached hydrogen (secondary N) is 1. The Morgan fingerprint density at radius 1 is 1.38 bits per heavy atom. The van der Waals surface area contributed by atoms with Gasteiger partial charge in [0.15, 0.2) is 5.69 Å². The highest BCUT2D eigenvalue weighted by atomic mass is 32.2. The molecule has 0 radical (unpaired) electrons. The molecule has 0 aromatic carbocycles. The van der Waals surface area contributed by atoms with Gasteiger partial charge in [-0.15, -0.1) is 0 Å². The van der Waals surface area contributed by atoms with Crippen LogP contribution in [-0.2, 0) is 14.8 Å². The van der Waals surface area contributed by atoms with Crippen LogP contribution in [0.3, 0.4) is 0 Å². The molecule has 7 nitrogen and oxygen atoms in total. The summed E-state index contributed by atoms with van der Waals surface area (Å²) in [4.78, 5) is 11.8. The van der Waals surface area contributed by atoms with E-state index in [0.29, 0.717) is 5.69 Å². The van der Waals surface area contributed by atoms with Crippen LogP contribution in [0, 0.1) is 5.92 Å². The van der Waals surface area contributed by atoms with E-state index in [2.05, 4.69) is 10.2 Å². The molecule has 0 spiro atoms. The van der Waals surface area contributed by atoms with E-state index in [1.54, 1.807) is 13.8 Å². The Hall–Kier alpha value is -1.41. The number of primary sulfonamides is 1. The lowest BCUT2D eigenvalue weighted by molar-refractivity contribution is 0.0432. The van der Waals surface area contributed by atoms with Crippen molar-refractivity contribution in [1.82, 2.24) is 10.2 Å². The zero-order valence-corrected chi connectivity index (χ0v) is 13.7. The second-order valence-corrected chi connectivity index (χ2v) is 7.01. The van der Waals surface area contributed by atoms with Crippen molar-refractivity contribution >= 4 is 16.0 Å². The molecular formula is C13H23N3O4S. The third-order valence-corrected chi connectivity index (χ3v) is 4.07. The van der Waals surface area contributed by atoms with Crippen LogP contribution >= 0.6 is 0 Å². The maximum absolute atomic E-state index is 12.0. The number of H-pyrrole nitrogens is 1. The van der Waals surface area contributed by atoms with Crippen molar-refractivity contribution in [3.63, 3.8) is 0 Å². The number of ether oxygens (including phenoxy) is 1. The normalized spacial score (nSPS) is 13.4. The van der Waals surface area contributed by atoms with Crippen molar-refractivity contribution in [2.75, 3.05) is 6.61 Å². The lowest BCUT2D eigenvalue weighted by atomic mass is 10.1. The van der Waals surface area contributed by atoms with Crippen molar-refractivity contribution < 1.29 is 17.9 Å². The number of sulfonamides is 1. The van der Waals surface area contributed by atoms with Crippen molar-refractivity contribution in [2.45, 2.75) is 51.3 Å². The first-order valence-electron chi connectivity index (χ1n) is 6.96. The van der Waals surface area contributed by atoms with Gasteiger partial charge in [-0.2, -0.15) is 5.10 Å². The molecule has 21 heavy (non-hydrogen) atoms. The number of nitrogens with zero attached hydrogens (tertiary/aromatic N) is 1. The molecule has 0 aliphatic carbocycles. The van der Waals surface area contributed by atoms with Crippen LogP contribution in [0.1, 0.15) is 62.6 Å². The topological polar surface area (TPSA) is 115 Å². The third kappa shape index (κ3) is 4.53. The Morgan fingerprint density at radius 2 is 2.00 bits per heavy atom. The Kier molecular flexibility index (Phi) is 5.91. The highest BCUT2D eigenvalue weighted by Crippen LogP contribution is 2.24. The monoisotopic (exact) mass is 317 g/mol. The molecule has 0 aliphatic heterocycles. The van der Waals surface area contributed by atoms with Crippen LogP contribution in [0.5, 0.6) is 0 Å². The van der Waals surface area contributed by atoms with E-state index < -0.39 is 16.0 Å². The molecule has 0 bridgehead atoms. The number of rotatable bonds is 7. The van der Waals surface area contributed by atoms with Crippen molar-refractivity contribution in [3.05, 3.63) is 11.4 Å². The first kappa shape index (κ1) is 17.6. The van der Waals surface area contributed by atoms with Gasteiger partial charge in [0.05, 0.1) is 12.3 Å². The second kappa shape index (κ2) is 7.04. The van der Waals surface area contributed by atoms with Crippen LogP contribution in [0.25, 0.3) is 0 Å². The molecule has 3 N–H and O–H groups in total. The number of carbonyl (C=O) groups is 1. The minimum absolute atomic E-state index is 0.161. The van der Waals surface area contributed by atoms with Gasteiger partial charge < -0.3 is 4.74 Å². The number of carbonyl (C=O) groups excluding carboxylic acids is 1. The smallest absolute Gasteiger partial charge is 0.360 e. The fourth-order valence-electron chi connectivity index (χ4n) is 2.03. The molecule has 120 valence electrons. The first-order valence-corrected chi connectivity index (χ1v) is 8.51. The Bertz CT molecular complexity index is 593. The van der Waals surface area contributed by atoms with Crippen molar-refractivity contribution in [2.24, 2.45) is 11.1 Å². The van der Waals surface area contributed by atoms with E-state index in [-0.39, 0.29) is 29.0 Å². The summed E-state index contributed by atoms with van der Waals surface area (Å²) < 4.78 is 28.5. The molecule has 8 heteroatoms. The van der Waals surface area contributed by atoms with E-state index >= 15 is 0 Å². The zero-order chi connectivity index (χ0) is 16.2. The Balaban J connectivity index is 3.00. The SMILES string of the molecule is CCCC(C)COC(=O)c1n[nH]c(C(C)C)c1S(N)(=O)=O. The second-order valence-electron chi connectivity index (χ2n) is 5.51. The fraction of sp³-hybridized carbons (Fsp3) is 0.692. The van der Waals surface area contributed by atoms with Gasteiger partial charge in [-0.05, 0) is 18.3 Å². The summed E-state index contributed by atoms with van der Waals surface area (Å²) in [7, 11) is -4.05. The van der Waals surface area contributed by atoms with Gasteiger partial charge in [-0.25, -0.2) is 18.4 Å². The van der Waals surface area contributed by atoms with Crippen molar-refractivity contribution in [3.8, 4) is 0 Å². The predicted molar refractivity (Wildman–Crippen MR) is 78.4 cm³/mol. The molecule has 0 fully saturated rings. The van der Waals surface area contributed by atoms with Gasteiger partial charge in [0.2, 0.25) is 10.0 Å². The summed E-state index contributed by atoms with van der Waals surface area (Å²) in [6.07, 6.45) is 1.91. The van der Waals surface area contributed by atoms with E-state index in [9.17, 15) is 13.2 Å². The summed E-state index contributed by atoms with van der Waals surface area (Å²) in [5.41, 5.74) is 0.0379. The van der Waals surface area contributed by atoms with Gasteiger partial charge in [0.25, 0.3) is 0 Å². The van der Waals surface area contributed by atoms with Crippen LogP contribution in [0.4, 0.5) is 0 Å². The fourth-order valence-corrected chi connectivity index (χ4v) is 3.01. The molecule has 1 rings (SSSR count). The van der Waals surface area contributed by atoms with E-state index in [1.165, 1.54) is 0 Å². The minimum Gasteiger partial charge on any atom is -0.461 e. The predicted octanol–water partition coefficient (Wildman–Crippen LogP) is 1.77. The lowest BCUT2D eigenvalue weighted by Crippen LogP contribution is -2.20. The molecule has 0 amide bonds. The maximum Gasteiger partial charge on any atom is 0.360 e. The third-order valence-electron chi connectivity index (χ3n) is 3.08. The average molecular weight is 317 g/mol. The highest BCUT2D eigenvalue weighted by molar-refractivity contribution is 7.89. The van der Waals surface area contributed by atoms with Crippen molar-refractivity contribution in [1.29, 1.82) is 0 Å². The Morgan fingerprint density at radius 3 is 2.48 bits per heavy atom. The number of esters is 1. The molecule has 1 heterocycles. The number of aromatic amines is 1. The van der Waals surface area contributed by atoms with Crippen LogP contribution < -0.4 is 5.14 Å². The van der Waals surface area contributed by atoms with Crippen LogP contribution in [0.2, 0.25) is 0 Å². The standard InChI is InChI=1S/C13H23N3O4S/c1-5-6-9(4)7-20-13(17)11-12(21(14,18)19)10(8(2)3)15-16-11/h8-9H,5-7H2,1-4H3,(H,15,16)(H2,14,18,19). The highest BCUT2D eigenvalue weighted by Gasteiger charge is 2.29. The number of hydrogen-bond acceptors (Lipinski definition) is 5.